The number of nitrogens with zero attached hydrogens (tertiary/aromatic N) is 4. The molecular formula is C21H32N6O. The van der Waals surface area contributed by atoms with Crippen LogP contribution in [0.15, 0.2) is 6.07 Å². The summed E-state index contributed by atoms with van der Waals surface area (Å²) >= 11 is 0. The molecule has 1 amide bonds. The van der Waals surface area contributed by atoms with E-state index in [-0.39, 0.29) is 5.91 Å². The molecule has 2 aromatic heterocycles. The quantitative estimate of drug-likeness (QED) is 0.802. The Morgan fingerprint density at radius 3 is 2.82 bits per heavy atom. The van der Waals surface area contributed by atoms with Gasteiger partial charge in [-0.05, 0) is 44.7 Å². The normalized spacial score (nSPS) is 18.2. The maximum atomic E-state index is 12.3. The van der Waals surface area contributed by atoms with Crippen LogP contribution in [0.2, 0.25) is 0 Å². The number of aromatic nitrogens is 4. The van der Waals surface area contributed by atoms with E-state index in [0.29, 0.717) is 13.0 Å². The molecule has 1 fully saturated rings. The number of hydrogen-bond acceptors (Lipinski definition) is 4. The SMILES string of the molecule is Cc1n[nH]c(C)c1CCC(=O)NCc1cc2n(n1)CCN(C1CCCCC1)C2. The monoisotopic (exact) mass is 384 g/mol. The minimum Gasteiger partial charge on any atom is -0.350 e. The summed E-state index contributed by atoms with van der Waals surface area (Å²) in [5, 5.41) is 14.9. The Morgan fingerprint density at radius 1 is 1.25 bits per heavy atom. The van der Waals surface area contributed by atoms with Crippen LogP contribution in [0.4, 0.5) is 0 Å². The van der Waals surface area contributed by atoms with Gasteiger partial charge in [0, 0.05) is 31.2 Å². The predicted octanol–water partition coefficient (Wildman–Crippen LogP) is 2.62. The van der Waals surface area contributed by atoms with E-state index in [4.69, 9.17) is 5.10 Å². The van der Waals surface area contributed by atoms with Crippen LogP contribution in [0.1, 0.15) is 66.9 Å². The Kier molecular flexibility index (Phi) is 5.80. The summed E-state index contributed by atoms with van der Waals surface area (Å²) in [7, 11) is 0. The number of carbonyl (C=O) groups is 1. The van der Waals surface area contributed by atoms with Crippen LogP contribution in [0.25, 0.3) is 0 Å². The number of fused-ring (bicyclic) bond motifs is 1. The average molecular weight is 385 g/mol. The minimum absolute atomic E-state index is 0.0646. The number of hydrogen-bond donors (Lipinski definition) is 2. The van der Waals surface area contributed by atoms with Gasteiger partial charge in [0.1, 0.15) is 0 Å². The highest BCUT2D eigenvalue weighted by molar-refractivity contribution is 5.76. The van der Waals surface area contributed by atoms with Gasteiger partial charge in [-0.25, -0.2) is 0 Å². The molecular weight excluding hydrogens is 352 g/mol. The number of nitrogens with one attached hydrogen (secondary N) is 2. The second kappa shape index (κ2) is 8.47. The summed E-state index contributed by atoms with van der Waals surface area (Å²) in [5.74, 6) is 0.0646. The first-order chi connectivity index (χ1) is 13.6. The maximum Gasteiger partial charge on any atom is 0.220 e. The molecule has 1 saturated carbocycles. The summed E-state index contributed by atoms with van der Waals surface area (Å²) < 4.78 is 2.12. The van der Waals surface area contributed by atoms with Gasteiger partial charge in [-0.2, -0.15) is 10.2 Å². The summed E-state index contributed by atoms with van der Waals surface area (Å²) in [6.07, 6.45) is 8.01. The highest BCUT2D eigenvalue weighted by atomic mass is 16.1. The van der Waals surface area contributed by atoms with Gasteiger partial charge in [-0.15, -0.1) is 0 Å². The molecule has 28 heavy (non-hydrogen) atoms. The fourth-order valence-electron chi connectivity index (χ4n) is 4.65. The van der Waals surface area contributed by atoms with Crippen molar-refractivity contribution < 1.29 is 4.79 Å². The summed E-state index contributed by atoms with van der Waals surface area (Å²) in [5.41, 5.74) is 5.43. The Bertz CT molecular complexity index is 797. The van der Waals surface area contributed by atoms with Crippen molar-refractivity contribution in [2.45, 2.75) is 84.5 Å². The first-order valence-corrected chi connectivity index (χ1v) is 10.7. The van der Waals surface area contributed by atoms with E-state index in [1.165, 1.54) is 37.8 Å². The van der Waals surface area contributed by atoms with Crippen molar-refractivity contribution >= 4 is 5.91 Å². The van der Waals surface area contributed by atoms with Gasteiger partial charge >= 0.3 is 0 Å². The first-order valence-electron chi connectivity index (χ1n) is 10.7. The summed E-state index contributed by atoms with van der Waals surface area (Å²) in [6.45, 7) is 7.52. The summed E-state index contributed by atoms with van der Waals surface area (Å²) in [6, 6.07) is 2.91. The molecule has 0 bridgehead atoms. The van der Waals surface area contributed by atoms with E-state index in [0.717, 1.165) is 54.7 Å². The number of carbonyl (C=O) groups excluding carboxylic acids is 1. The molecule has 0 aromatic carbocycles. The number of aryl methyl sites for hydroxylation is 2. The zero-order chi connectivity index (χ0) is 19.5. The molecule has 0 radical (unpaired) electrons. The topological polar surface area (TPSA) is 78.8 Å². The molecule has 2 N–H and O–H groups in total. The van der Waals surface area contributed by atoms with Crippen molar-refractivity contribution in [2.75, 3.05) is 6.54 Å². The third-order valence-corrected chi connectivity index (χ3v) is 6.32. The van der Waals surface area contributed by atoms with E-state index in [9.17, 15) is 4.79 Å². The molecule has 0 atom stereocenters. The molecule has 7 nitrogen and oxygen atoms in total. The number of aromatic amines is 1. The lowest BCUT2D eigenvalue weighted by atomic mass is 9.94. The van der Waals surface area contributed by atoms with Gasteiger partial charge in [-0.3, -0.25) is 19.5 Å². The highest BCUT2D eigenvalue weighted by Crippen LogP contribution is 2.26. The van der Waals surface area contributed by atoms with Crippen LogP contribution < -0.4 is 5.32 Å². The number of amides is 1. The second-order valence-electron chi connectivity index (χ2n) is 8.30. The Balaban J connectivity index is 1.27. The van der Waals surface area contributed by atoms with Crippen LogP contribution in [-0.2, 0) is 30.8 Å². The van der Waals surface area contributed by atoms with Crippen molar-refractivity contribution in [3.05, 3.63) is 34.4 Å². The van der Waals surface area contributed by atoms with E-state index < -0.39 is 0 Å². The molecule has 1 aliphatic heterocycles. The molecule has 0 unspecified atom stereocenters. The Labute approximate surface area is 166 Å². The van der Waals surface area contributed by atoms with Gasteiger partial charge in [0.25, 0.3) is 0 Å². The van der Waals surface area contributed by atoms with Gasteiger partial charge in [-0.1, -0.05) is 19.3 Å². The Morgan fingerprint density at radius 2 is 2.07 bits per heavy atom. The van der Waals surface area contributed by atoms with Crippen LogP contribution in [0, 0.1) is 13.8 Å². The van der Waals surface area contributed by atoms with Gasteiger partial charge < -0.3 is 5.32 Å². The molecule has 0 saturated heterocycles. The second-order valence-corrected chi connectivity index (χ2v) is 8.30. The van der Waals surface area contributed by atoms with E-state index in [1.807, 2.05) is 13.8 Å². The van der Waals surface area contributed by atoms with Gasteiger partial charge in [0.2, 0.25) is 5.91 Å². The van der Waals surface area contributed by atoms with Crippen LogP contribution in [0.3, 0.4) is 0 Å². The van der Waals surface area contributed by atoms with E-state index in [1.54, 1.807) is 0 Å². The maximum absolute atomic E-state index is 12.3. The lowest BCUT2D eigenvalue weighted by Gasteiger charge is -2.36. The number of rotatable bonds is 6. The fraction of sp³-hybridized carbons (Fsp3) is 0.667. The van der Waals surface area contributed by atoms with Crippen LogP contribution >= 0.6 is 0 Å². The van der Waals surface area contributed by atoms with Crippen molar-refractivity contribution in [3.8, 4) is 0 Å². The van der Waals surface area contributed by atoms with E-state index >= 15 is 0 Å². The molecule has 1 aliphatic carbocycles. The highest BCUT2D eigenvalue weighted by Gasteiger charge is 2.26. The molecule has 2 aliphatic rings. The molecule has 0 spiro atoms. The minimum atomic E-state index is 0.0646. The molecule has 7 heteroatoms. The van der Waals surface area contributed by atoms with E-state index in [2.05, 4.69) is 31.2 Å². The van der Waals surface area contributed by atoms with Crippen molar-refractivity contribution in [3.63, 3.8) is 0 Å². The van der Waals surface area contributed by atoms with Crippen molar-refractivity contribution in [1.29, 1.82) is 0 Å². The van der Waals surface area contributed by atoms with Crippen molar-refractivity contribution in [1.82, 2.24) is 30.2 Å². The van der Waals surface area contributed by atoms with Crippen LogP contribution in [-0.4, -0.2) is 43.4 Å². The fourth-order valence-corrected chi connectivity index (χ4v) is 4.65. The molecule has 2 aromatic rings. The standard InChI is InChI=1S/C21H32N6O/c1-15-20(16(2)24-23-15)8-9-21(28)22-13-17-12-19-14-26(10-11-27(19)25-17)18-6-4-3-5-7-18/h12,18H,3-11,13-14H2,1-2H3,(H,22,28)(H,23,24). The van der Waals surface area contributed by atoms with Crippen LogP contribution in [0.5, 0.6) is 0 Å². The smallest absolute Gasteiger partial charge is 0.220 e. The number of H-pyrrole nitrogens is 1. The molecule has 152 valence electrons. The zero-order valence-electron chi connectivity index (χ0n) is 17.1. The van der Waals surface area contributed by atoms with Crippen molar-refractivity contribution in [2.24, 2.45) is 0 Å². The largest absolute Gasteiger partial charge is 0.350 e. The average Bonchev–Trinajstić information content (AvgIpc) is 3.27. The van der Waals surface area contributed by atoms with Gasteiger partial charge in [0.05, 0.1) is 30.2 Å². The first kappa shape index (κ1) is 19.2. The Hall–Kier alpha value is -2.15. The zero-order valence-corrected chi connectivity index (χ0v) is 17.1. The molecule has 3 heterocycles. The third kappa shape index (κ3) is 4.29. The predicted molar refractivity (Wildman–Crippen MR) is 108 cm³/mol. The van der Waals surface area contributed by atoms with Gasteiger partial charge in [0.15, 0.2) is 0 Å². The lowest BCUT2D eigenvalue weighted by molar-refractivity contribution is -0.121. The molecule has 4 rings (SSSR count). The lowest BCUT2D eigenvalue weighted by Crippen LogP contribution is -2.42. The summed E-state index contributed by atoms with van der Waals surface area (Å²) in [4.78, 5) is 14.9. The third-order valence-electron chi connectivity index (χ3n) is 6.32.